The van der Waals surface area contributed by atoms with Crippen LogP contribution >= 0.6 is 11.6 Å². The largest absolute Gasteiger partial charge is 0.455 e. The molecule has 0 amide bonds. The summed E-state index contributed by atoms with van der Waals surface area (Å²) in [6.45, 7) is 27.1. The molecule has 10 heteroatoms. The maximum Gasteiger partial charge on any atom is 0.451 e. The van der Waals surface area contributed by atoms with Gasteiger partial charge in [-0.25, -0.2) is 9.97 Å². The van der Waals surface area contributed by atoms with Crippen LogP contribution in [0.1, 0.15) is 44.4 Å². The van der Waals surface area contributed by atoms with Crippen molar-refractivity contribution in [2.24, 2.45) is 11.8 Å². The number of rotatable bonds is 8. The minimum absolute atomic E-state index is 0.375. The minimum Gasteiger partial charge on any atom is -0.455 e. The molecule has 0 atom stereocenters. The van der Waals surface area contributed by atoms with E-state index in [2.05, 4.69) is 146 Å². The first-order valence-corrected chi connectivity index (χ1v) is 31.3. The Labute approximate surface area is 408 Å². The molecule has 0 saturated heterocycles. The molecule has 0 fully saturated rings. The SMILES string of the molecule is CC(C)CB(O)O.Cc1cc(-c2cc([Si](C)(C)C)c3cc(CC(C)C)ccc3n2)c2oc3ccccc3c2c1.Cc1cc(-c2cc([Si](C)(C)C)c3cc(Cl)ccc3n2)c2oc3ccccc3c2c1. The summed E-state index contributed by atoms with van der Waals surface area (Å²) in [4.78, 5) is 10.2. The van der Waals surface area contributed by atoms with Crippen LogP contribution in [0.4, 0.5) is 0 Å². The van der Waals surface area contributed by atoms with E-state index in [0.717, 1.165) is 88.9 Å². The van der Waals surface area contributed by atoms with Crippen LogP contribution < -0.4 is 10.4 Å². The summed E-state index contributed by atoms with van der Waals surface area (Å²) >= 11 is 6.31. The summed E-state index contributed by atoms with van der Waals surface area (Å²) in [5, 5.41) is 27.2. The molecule has 10 aromatic rings. The maximum absolute atomic E-state index is 8.28. The van der Waals surface area contributed by atoms with Crippen molar-refractivity contribution >= 4 is 111 Å². The van der Waals surface area contributed by atoms with E-state index < -0.39 is 23.3 Å². The summed E-state index contributed by atoms with van der Waals surface area (Å²) < 4.78 is 12.7. The molecule has 0 aliphatic heterocycles. The number of aromatic nitrogens is 2. The molecule has 0 unspecified atom stereocenters. The van der Waals surface area contributed by atoms with Gasteiger partial charge in [0.15, 0.2) is 0 Å². The maximum atomic E-state index is 8.28. The monoisotopic (exact) mass is 954 g/mol. The van der Waals surface area contributed by atoms with Crippen molar-refractivity contribution in [2.75, 3.05) is 0 Å². The molecule has 10 rings (SSSR count). The van der Waals surface area contributed by atoms with Crippen LogP contribution in [0.15, 0.2) is 130 Å². The lowest BCUT2D eigenvalue weighted by Crippen LogP contribution is -2.38. The molecule has 0 bridgehead atoms. The Morgan fingerprint density at radius 1 is 0.529 bits per heavy atom. The van der Waals surface area contributed by atoms with Gasteiger partial charge in [0.2, 0.25) is 0 Å². The number of furan rings is 2. The number of fused-ring (bicyclic) bond motifs is 8. The molecule has 4 aromatic heterocycles. The Hall–Kier alpha value is -5.55. The number of pyridine rings is 2. The Morgan fingerprint density at radius 3 is 1.41 bits per heavy atom. The normalized spacial score (nSPS) is 12.1. The molecular formula is C58H64BClN2O4Si2. The Morgan fingerprint density at radius 2 is 0.985 bits per heavy atom. The summed E-state index contributed by atoms with van der Waals surface area (Å²) in [5.74, 6) is 1.02. The van der Waals surface area contributed by atoms with Gasteiger partial charge in [0.1, 0.15) is 22.3 Å². The van der Waals surface area contributed by atoms with Gasteiger partial charge in [-0.2, -0.15) is 0 Å². The third-order valence-corrected chi connectivity index (χ3v) is 16.7. The van der Waals surface area contributed by atoms with Crippen molar-refractivity contribution in [3.8, 4) is 22.5 Å². The quantitative estimate of drug-likeness (QED) is 0.147. The van der Waals surface area contributed by atoms with Crippen molar-refractivity contribution < 1.29 is 18.9 Å². The number of aryl methyl sites for hydroxylation is 2. The lowest BCUT2D eigenvalue weighted by atomic mass is 9.80. The van der Waals surface area contributed by atoms with Crippen molar-refractivity contribution in [1.29, 1.82) is 0 Å². The van der Waals surface area contributed by atoms with E-state index in [0.29, 0.717) is 18.2 Å². The predicted molar refractivity (Wildman–Crippen MR) is 298 cm³/mol. The second-order valence-corrected chi connectivity index (χ2v) is 31.9. The fourth-order valence-electron chi connectivity index (χ4n) is 9.33. The van der Waals surface area contributed by atoms with Crippen LogP contribution in [0.25, 0.3) is 88.2 Å². The van der Waals surface area contributed by atoms with Gasteiger partial charge in [-0.3, -0.25) is 0 Å². The second-order valence-electron chi connectivity index (χ2n) is 21.4. The molecule has 6 aromatic carbocycles. The number of nitrogens with zero attached hydrogens (tertiary/aromatic N) is 2. The van der Waals surface area contributed by atoms with E-state index in [1.807, 2.05) is 56.3 Å². The third-order valence-electron chi connectivity index (χ3n) is 12.4. The summed E-state index contributed by atoms with van der Waals surface area (Å²) in [5.41, 5.74) is 13.7. The average Bonchev–Trinajstić information content (AvgIpc) is 3.82. The first-order valence-electron chi connectivity index (χ1n) is 23.9. The minimum atomic E-state index is -1.63. The first kappa shape index (κ1) is 48.9. The zero-order valence-electron chi connectivity index (χ0n) is 41.7. The lowest BCUT2D eigenvalue weighted by molar-refractivity contribution is 0.394. The number of benzene rings is 6. The Balaban J connectivity index is 0.000000162. The van der Waals surface area contributed by atoms with E-state index in [1.54, 1.807) is 0 Å². The molecule has 4 heterocycles. The van der Waals surface area contributed by atoms with Crippen LogP contribution in [0, 0.1) is 25.7 Å². The number of para-hydroxylation sites is 2. The van der Waals surface area contributed by atoms with E-state index in [-0.39, 0.29) is 0 Å². The summed E-state index contributed by atoms with van der Waals surface area (Å²) in [6.07, 6.45) is 1.57. The fraction of sp³-hybridized carbons (Fsp3) is 0.276. The van der Waals surface area contributed by atoms with Crippen LogP contribution in [-0.2, 0) is 6.42 Å². The van der Waals surface area contributed by atoms with Gasteiger partial charge in [0.05, 0.1) is 38.6 Å². The molecule has 348 valence electrons. The summed E-state index contributed by atoms with van der Waals surface area (Å²) in [7, 11) is -4.36. The number of hydrogen-bond acceptors (Lipinski definition) is 6. The van der Waals surface area contributed by atoms with Gasteiger partial charge in [-0.1, -0.05) is 121 Å². The van der Waals surface area contributed by atoms with Gasteiger partial charge in [0, 0.05) is 43.1 Å². The van der Waals surface area contributed by atoms with Gasteiger partial charge in [-0.05, 0) is 150 Å². The van der Waals surface area contributed by atoms with Crippen LogP contribution in [0.2, 0.25) is 50.6 Å². The van der Waals surface area contributed by atoms with Gasteiger partial charge in [0.25, 0.3) is 0 Å². The first-order chi connectivity index (χ1) is 32.1. The van der Waals surface area contributed by atoms with Gasteiger partial charge < -0.3 is 18.9 Å². The van der Waals surface area contributed by atoms with Gasteiger partial charge >= 0.3 is 7.12 Å². The second kappa shape index (κ2) is 19.4. The number of hydrogen-bond donors (Lipinski definition) is 2. The van der Waals surface area contributed by atoms with Gasteiger partial charge in [-0.15, -0.1) is 0 Å². The van der Waals surface area contributed by atoms with Crippen molar-refractivity contribution in [3.05, 3.63) is 143 Å². The van der Waals surface area contributed by atoms with Crippen molar-refractivity contribution in [3.63, 3.8) is 0 Å². The Kier molecular flexibility index (Phi) is 14.0. The smallest absolute Gasteiger partial charge is 0.451 e. The molecule has 0 saturated carbocycles. The van der Waals surface area contributed by atoms with E-state index in [9.17, 15) is 0 Å². The molecule has 0 radical (unpaired) electrons. The molecule has 6 nitrogen and oxygen atoms in total. The zero-order valence-corrected chi connectivity index (χ0v) is 44.4. The molecule has 68 heavy (non-hydrogen) atoms. The van der Waals surface area contributed by atoms with Crippen LogP contribution in [0.5, 0.6) is 0 Å². The standard InChI is InChI=1S/C29H31NOSi.C25H22ClNOSi.C4H11BO2/c1-18(2)13-20-11-12-25-23(16-20)28(32(4,5)6)17-26(30-25)24-15-19(3)14-22-21-9-7-8-10-27(21)31-29(22)24;1-15-11-18-17-7-5-6-8-23(17)28-25(18)20(12-15)22-14-24(29(2,3)4)19-13-16(26)9-10-21(19)27-22;1-4(2)3-5(6)7/h7-12,14-18H,13H2,1-6H3;5-14H,1-4H3;4,6-7H,3H2,1-2H3. The highest BCUT2D eigenvalue weighted by molar-refractivity contribution is 6.91. The van der Waals surface area contributed by atoms with Crippen molar-refractivity contribution in [1.82, 2.24) is 9.97 Å². The topological polar surface area (TPSA) is 92.5 Å². The van der Waals surface area contributed by atoms with E-state index >= 15 is 0 Å². The molecule has 0 aliphatic rings. The van der Waals surface area contributed by atoms with E-state index in [4.69, 9.17) is 40.5 Å². The molecule has 0 spiro atoms. The lowest BCUT2D eigenvalue weighted by Gasteiger charge is -2.21. The molecular weight excluding hydrogens is 891 g/mol. The average molecular weight is 956 g/mol. The fourth-order valence-corrected chi connectivity index (χ4v) is 12.7. The van der Waals surface area contributed by atoms with Crippen LogP contribution in [0.3, 0.4) is 0 Å². The highest BCUT2D eigenvalue weighted by Crippen LogP contribution is 2.39. The summed E-state index contributed by atoms with van der Waals surface area (Å²) in [6, 6.07) is 42.8. The molecule has 0 aliphatic carbocycles. The zero-order chi connectivity index (χ0) is 48.8. The predicted octanol–water partition coefficient (Wildman–Crippen LogP) is 15.3. The van der Waals surface area contributed by atoms with E-state index in [1.165, 1.54) is 37.8 Å². The Bertz CT molecular complexity index is 3470. The van der Waals surface area contributed by atoms with Crippen LogP contribution in [-0.4, -0.2) is 43.3 Å². The van der Waals surface area contributed by atoms with Crippen molar-refractivity contribution in [2.45, 2.75) is 93.6 Å². The highest BCUT2D eigenvalue weighted by Gasteiger charge is 2.25. The highest BCUT2D eigenvalue weighted by atomic mass is 35.5. The molecule has 2 N–H and O–H groups in total. The number of halogens is 1. The third kappa shape index (κ3) is 10.5.